The van der Waals surface area contributed by atoms with Gasteiger partial charge in [-0.05, 0) is 19.4 Å². The molecule has 2 N–H and O–H groups in total. The summed E-state index contributed by atoms with van der Waals surface area (Å²) in [6.45, 7) is 4.24. The predicted octanol–water partition coefficient (Wildman–Crippen LogP) is 2.41. The van der Waals surface area contributed by atoms with Crippen LogP contribution in [0.3, 0.4) is 0 Å². The van der Waals surface area contributed by atoms with E-state index in [9.17, 15) is 8.42 Å². The molecule has 0 aromatic carbocycles. The Hall–Kier alpha value is -0.430. The van der Waals surface area contributed by atoms with Crippen molar-refractivity contribution in [3.63, 3.8) is 0 Å². The number of hydrogen-bond donors (Lipinski definition) is 2. The number of nitrogens with one attached hydrogen (secondary N) is 1. The molecule has 104 valence electrons. The maximum Gasteiger partial charge on any atom is 0.241 e. The monoisotopic (exact) mass is 291 g/mol. The van der Waals surface area contributed by atoms with Gasteiger partial charge in [-0.1, -0.05) is 26.2 Å². The van der Waals surface area contributed by atoms with Gasteiger partial charge < -0.3 is 5.11 Å². The Balaban J connectivity index is 2.60. The number of sulfonamides is 1. The van der Waals surface area contributed by atoms with Crippen LogP contribution in [0.2, 0.25) is 0 Å². The number of aliphatic hydroxyl groups excluding tert-OH is 1. The topological polar surface area (TPSA) is 66.4 Å². The quantitative estimate of drug-likeness (QED) is 0.723. The van der Waals surface area contributed by atoms with Crippen LogP contribution in [-0.4, -0.2) is 20.1 Å². The summed E-state index contributed by atoms with van der Waals surface area (Å²) in [6.07, 6.45) is 4.18. The van der Waals surface area contributed by atoms with E-state index in [0.29, 0.717) is 16.3 Å². The molecule has 18 heavy (non-hydrogen) atoms. The first-order valence-electron chi connectivity index (χ1n) is 6.21. The van der Waals surface area contributed by atoms with E-state index in [1.165, 1.54) is 11.3 Å². The summed E-state index contributed by atoms with van der Waals surface area (Å²) < 4.78 is 26.7. The second-order valence-electron chi connectivity index (χ2n) is 4.25. The molecule has 0 unspecified atom stereocenters. The Bertz CT molecular complexity index is 466. The first kappa shape index (κ1) is 15.6. The molecule has 0 aliphatic rings. The van der Waals surface area contributed by atoms with Crippen LogP contribution in [0.1, 0.15) is 42.4 Å². The van der Waals surface area contributed by atoms with Crippen molar-refractivity contribution in [1.82, 2.24) is 4.72 Å². The first-order chi connectivity index (χ1) is 8.51. The van der Waals surface area contributed by atoms with E-state index in [2.05, 4.69) is 11.6 Å². The molecule has 1 rings (SSSR count). The Morgan fingerprint density at radius 3 is 2.61 bits per heavy atom. The molecule has 1 aromatic rings. The zero-order chi connectivity index (χ0) is 13.6. The Labute approximate surface area is 113 Å². The van der Waals surface area contributed by atoms with Gasteiger partial charge in [-0.15, -0.1) is 11.3 Å². The van der Waals surface area contributed by atoms with Gasteiger partial charge in [0.05, 0.1) is 11.5 Å². The van der Waals surface area contributed by atoms with Crippen LogP contribution in [0.25, 0.3) is 0 Å². The zero-order valence-electron chi connectivity index (χ0n) is 10.9. The zero-order valence-corrected chi connectivity index (χ0v) is 12.5. The lowest BCUT2D eigenvalue weighted by molar-refractivity contribution is 0.285. The molecule has 0 radical (unpaired) electrons. The number of thiophene rings is 1. The SMILES string of the molecule is CCCCCCNS(=O)(=O)c1cc(CO)sc1C. The minimum Gasteiger partial charge on any atom is -0.391 e. The molecule has 0 atom stereocenters. The average molecular weight is 291 g/mol. The molecular weight excluding hydrogens is 270 g/mol. The lowest BCUT2D eigenvalue weighted by Crippen LogP contribution is -2.24. The van der Waals surface area contributed by atoms with Gasteiger partial charge in [-0.25, -0.2) is 13.1 Å². The van der Waals surface area contributed by atoms with Crippen molar-refractivity contribution in [3.8, 4) is 0 Å². The molecule has 0 saturated carbocycles. The molecule has 1 aromatic heterocycles. The highest BCUT2D eigenvalue weighted by atomic mass is 32.2. The van der Waals surface area contributed by atoms with E-state index in [1.807, 2.05) is 0 Å². The fourth-order valence-corrected chi connectivity index (χ4v) is 4.27. The van der Waals surface area contributed by atoms with Crippen LogP contribution in [-0.2, 0) is 16.6 Å². The van der Waals surface area contributed by atoms with Gasteiger partial charge >= 0.3 is 0 Å². The molecule has 6 heteroatoms. The van der Waals surface area contributed by atoms with Crippen molar-refractivity contribution in [1.29, 1.82) is 0 Å². The van der Waals surface area contributed by atoms with Gasteiger partial charge in [0.1, 0.15) is 0 Å². The van der Waals surface area contributed by atoms with Crippen LogP contribution < -0.4 is 4.72 Å². The highest BCUT2D eigenvalue weighted by molar-refractivity contribution is 7.89. The number of aliphatic hydroxyl groups is 1. The fourth-order valence-electron chi connectivity index (χ4n) is 1.71. The lowest BCUT2D eigenvalue weighted by atomic mass is 10.2. The Morgan fingerprint density at radius 2 is 2.06 bits per heavy atom. The van der Waals surface area contributed by atoms with Crippen molar-refractivity contribution < 1.29 is 13.5 Å². The van der Waals surface area contributed by atoms with Crippen molar-refractivity contribution >= 4 is 21.4 Å². The summed E-state index contributed by atoms with van der Waals surface area (Å²) >= 11 is 1.32. The molecule has 0 spiro atoms. The van der Waals surface area contributed by atoms with E-state index in [1.54, 1.807) is 13.0 Å². The van der Waals surface area contributed by atoms with Crippen LogP contribution >= 0.6 is 11.3 Å². The van der Waals surface area contributed by atoms with Crippen molar-refractivity contribution in [3.05, 3.63) is 15.8 Å². The number of rotatable bonds is 8. The van der Waals surface area contributed by atoms with Gasteiger partial charge in [0.25, 0.3) is 0 Å². The summed E-state index contributed by atoms with van der Waals surface area (Å²) in [7, 11) is -3.42. The minimum atomic E-state index is -3.42. The lowest BCUT2D eigenvalue weighted by Gasteiger charge is -2.05. The second kappa shape index (κ2) is 7.23. The van der Waals surface area contributed by atoms with Crippen LogP contribution in [0.15, 0.2) is 11.0 Å². The molecule has 4 nitrogen and oxygen atoms in total. The van der Waals surface area contributed by atoms with Gasteiger partial charge in [0.15, 0.2) is 0 Å². The van der Waals surface area contributed by atoms with Gasteiger partial charge in [-0.3, -0.25) is 0 Å². The third-order valence-electron chi connectivity index (χ3n) is 2.69. The largest absolute Gasteiger partial charge is 0.391 e. The first-order valence-corrected chi connectivity index (χ1v) is 8.51. The standard InChI is InChI=1S/C12H21NO3S2/c1-3-4-5-6-7-13-18(15,16)12-8-11(9-14)17-10(12)2/h8,13-14H,3-7,9H2,1-2H3. The summed E-state index contributed by atoms with van der Waals surface area (Å²) in [4.78, 5) is 1.70. The molecule has 1 heterocycles. The van der Waals surface area contributed by atoms with E-state index >= 15 is 0 Å². The van der Waals surface area contributed by atoms with E-state index in [0.717, 1.165) is 30.6 Å². The summed E-state index contributed by atoms with van der Waals surface area (Å²) in [5.74, 6) is 0. The Morgan fingerprint density at radius 1 is 1.33 bits per heavy atom. The molecule has 0 fully saturated rings. The second-order valence-corrected chi connectivity index (χ2v) is 7.33. The van der Waals surface area contributed by atoms with Crippen LogP contribution in [0.4, 0.5) is 0 Å². The minimum absolute atomic E-state index is 0.114. The average Bonchev–Trinajstić information content (AvgIpc) is 2.71. The summed E-state index contributed by atoms with van der Waals surface area (Å²) in [6, 6.07) is 1.55. The van der Waals surface area contributed by atoms with Gasteiger partial charge in [0, 0.05) is 16.3 Å². The maximum absolute atomic E-state index is 12.0. The molecule has 0 amide bonds. The summed E-state index contributed by atoms with van der Waals surface area (Å²) in [5, 5.41) is 9.01. The summed E-state index contributed by atoms with van der Waals surface area (Å²) in [5.41, 5.74) is 0. The highest BCUT2D eigenvalue weighted by Crippen LogP contribution is 2.25. The normalized spacial score (nSPS) is 11.9. The smallest absolute Gasteiger partial charge is 0.241 e. The third kappa shape index (κ3) is 4.35. The van der Waals surface area contributed by atoms with E-state index in [-0.39, 0.29) is 6.61 Å². The predicted molar refractivity (Wildman–Crippen MR) is 74.3 cm³/mol. The number of aryl methyl sites for hydroxylation is 1. The molecule has 0 aliphatic heterocycles. The third-order valence-corrected chi connectivity index (χ3v) is 5.44. The maximum atomic E-state index is 12.0. The van der Waals surface area contributed by atoms with Crippen LogP contribution in [0, 0.1) is 6.92 Å². The van der Waals surface area contributed by atoms with Gasteiger partial charge in [0.2, 0.25) is 10.0 Å². The van der Waals surface area contributed by atoms with E-state index in [4.69, 9.17) is 5.11 Å². The van der Waals surface area contributed by atoms with Crippen molar-refractivity contribution in [2.45, 2.75) is 51.0 Å². The highest BCUT2D eigenvalue weighted by Gasteiger charge is 2.18. The van der Waals surface area contributed by atoms with Crippen molar-refractivity contribution in [2.75, 3.05) is 6.54 Å². The fraction of sp³-hybridized carbons (Fsp3) is 0.667. The number of unbranched alkanes of at least 4 members (excludes halogenated alkanes) is 3. The molecule has 0 bridgehead atoms. The number of hydrogen-bond acceptors (Lipinski definition) is 4. The van der Waals surface area contributed by atoms with Crippen molar-refractivity contribution in [2.24, 2.45) is 0 Å². The van der Waals surface area contributed by atoms with E-state index < -0.39 is 10.0 Å². The van der Waals surface area contributed by atoms with Crippen LogP contribution in [0.5, 0.6) is 0 Å². The van der Waals surface area contributed by atoms with Gasteiger partial charge in [-0.2, -0.15) is 0 Å². The molecule has 0 saturated heterocycles. The molecule has 0 aliphatic carbocycles. The molecular formula is C12H21NO3S2. The Kier molecular flexibility index (Phi) is 6.28.